The van der Waals surface area contributed by atoms with E-state index in [-0.39, 0.29) is 0 Å². The lowest BCUT2D eigenvalue weighted by Gasteiger charge is -2.21. The summed E-state index contributed by atoms with van der Waals surface area (Å²) in [5.74, 6) is 0. The molecule has 0 N–H and O–H groups in total. The van der Waals surface area contributed by atoms with Crippen LogP contribution >= 0.6 is 0 Å². The van der Waals surface area contributed by atoms with Crippen LogP contribution in [0.4, 0.5) is 11.4 Å². The van der Waals surface area contributed by atoms with E-state index in [0.717, 1.165) is 12.8 Å². The van der Waals surface area contributed by atoms with E-state index in [1.165, 1.54) is 22.5 Å². The van der Waals surface area contributed by atoms with Crippen molar-refractivity contribution in [2.24, 2.45) is 10.4 Å². The van der Waals surface area contributed by atoms with Gasteiger partial charge in [-0.25, -0.2) is 10.0 Å². The number of nitrogens with zero attached hydrogens (tertiary/aromatic N) is 4. The van der Waals surface area contributed by atoms with Crippen molar-refractivity contribution in [3.05, 3.63) is 59.7 Å². The maximum atomic E-state index is 4.56. The zero-order valence-corrected chi connectivity index (χ0v) is 13.0. The monoisotopic (exact) mass is 292 g/mol. The maximum Gasteiger partial charge on any atom is 0.0647 e. The molecule has 0 bridgehead atoms. The summed E-state index contributed by atoms with van der Waals surface area (Å²) < 4.78 is 0. The number of hydrogen-bond donors (Lipinski definition) is 0. The molecule has 0 aromatic heterocycles. The molecule has 2 aliphatic rings. The molecule has 0 amide bonds. The second kappa shape index (κ2) is 5.13. The molecule has 0 spiro atoms. The number of anilines is 2. The zero-order chi connectivity index (χ0) is 15.1. The van der Waals surface area contributed by atoms with Crippen molar-refractivity contribution in [1.82, 2.24) is 0 Å². The Morgan fingerprint density at radius 1 is 0.727 bits per heavy atom. The fourth-order valence-electron chi connectivity index (χ4n) is 3.46. The van der Waals surface area contributed by atoms with E-state index in [2.05, 4.69) is 72.8 Å². The molecule has 2 aromatic carbocycles. The Kier molecular flexibility index (Phi) is 3.10. The molecule has 4 heteroatoms. The van der Waals surface area contributed by atoms with E-state index in [4.69, 9.17) is 0 Å². The Hall–Kier alpha value is -2.36. The van der Waals surface area contributed by atoms with Gasteiger partial charge in [0.05, 0.1) is 23.5 Å². The predicted octanol–water partition coefficient (Wildman–Crippen LogP) is 4.17. The largest absolute Gasteiger partial charge is 0.242 e. The molecule has 2 unspecified atom stereocenters. The predicted molar refractivity (Wildman–Crippen MR) is 89.0 cm³/mol. The molecule has 2 aliphatic heterocycles. The Morgan fingerprint density at radius 2 is 1.14 bits per heavy atom. The van der Waals surface area contributed by atoms with Crippen molar-refractivity contribution in [3.8, 4) is 0 Å². The van der Waals surface area contributed by atoms with Crippen LogP contribution in [0.1, 0.15) is 25.0 Å². The molecular formula is C18H20N4. The molecule has 2 aromatic rings. The molecule has 0 fully saturated rings. The number of benzene rings is 2. The van der Waals surface area contributed by atoms with Gasteiger partial charge in [-0.05, 0) is 60.4 Å². The van der Waals surface area contributed by atoms with Crippen LogP contribution in [0.15, 0.2) is 59.0 Å². The third-order valence-electron chi connectivity index (χ3n) is 4.58. The minimum Gasteiger partial charge on any atom is -0.242 e. The molecule has 112 valence electrons. The lowest BCUT2D eigenvalue weighted by atomic mass is 10.1. The Balaban J connectivity index is 1.63. The van der Waals surface area contributed by atoms with Gasteiger partial charge in [0, 0.05) is 0 Å². The molecule has 22 heavy (non-hydrogen) atoms. The van der Waals surface area contributed by atoms with Crippen LogP contribution in [-0.2, 0) is 12.8 Å². The molecule has 2 atom stereocenters. The average Bonchev–Trinajstić information content (AvgIpc) is 3.01. The van der Waals surface area contributed by atoms with Crippen LogP contribution in [0, 0.1) is 0 Å². The SMILES string of the molecule is CC1Cc2ccccc2N1N=NN1c2ccccc2CC1C. The van der Waals surface area contributed by atoms with Crippen molar-refractivity contribution in [2.45, 2.75) is 38.8 Å². The van der Waals surface area contributed by atoms with Crippen LogP contribution in [0.3, 0.4) is 0 Å². The summed E-state index contributed by atoms with van der Waals surface area (Å²) in [4.78, 5) is 0. The third-order valence-corrected chi connectivity index (χ3v) is 4.58. The van der Waals surface area contributed by atoms with Crippen LogP contribution in [0.5, 0.6) is 0 Å². The Bertz CT molecular complexity index is 663. The van der Waals surface area contributed by atoms with Gasteiger partial charge in [-0.3, -0.25) is 0 Å². The first-order valence-electron chi connectivity index (χ1n) is 7.90. The van der Waals surface area contributed by atoms with Crippen LogP contribution in [0.2, 0.25) is 0 Å². The summed E-state index contributed by atoms with van der Waals surface area (Å²) in [7, 11) is 0. The summed E-state index contributed by atoms with van der Waals surface area (Å²) >= 11 is 0. The molecule has 4 rings (SSSR count). The number of para-hydroxylation sites is 2. The average molecular weight is 292 g/mol. The molecule has 2 heterocycles. The first kappa shape index (κ1) is 13.3. The molecule has 4 nitrogen and oxygen atoms in total. The summed E-state index contributed by atoms with van der Waals surface area (Å²) in [5.41, 5.74) is 5.06. The van der Waals surface area contributed by atoms with Crippen LogP contribution < -0.4 is 10.0 Å². The second-order valence-electron chi connectivity index (χ2n) is 6.23. The molecule has 0 saturated heterocycles. The molecule has 0 aliphatic carbocycles. The van der Waals surface area contributed by atoms with Crippen molar-refractivity contribution >= 4 is 11.4 Å². The van der Waals surface area contributed by atoms with E-state index in [1.54, 1.807) is 0 Å². The lowest BCUT2D eigenvalue weighted by molar-refractivity contribution is 0.615. The summed E-state index contributed by atoms with van der Waals surface area (Å²) in [6.07, 6.45) is 2.06. The van der Waals surface area contributed by atoms with Gasteiger partial charge in [0.15, 0.2) is 0 Å². The summed E-state index contributed by atoms with van der Waals surface area (Å²) in [5, 5.41) is 13.2. The van der Waals surface area contributed by atoms with Gasteiger partial charge in [-0.1, -0.05) is 36.4 Å². The van der Waals surface area contributed by atoms with Gasteiger partial charge < -0.3 is 0 Å². The van der Waals surface area contributed by atoms with E-state index in [1.807, 2.05) is 10.0 Å². The van der Waals surface area contributed by atoms with Gasteiger partial charge in [0.2, 0.25) is 0 Å². The highest BCUT2D eigenvalue weighted by atomic mass is 15.7. The first-order chi connectivity index (χ1) is 10.7. The topological polar surface area (TPSA) is 31.2 Å². The minimum absolute atomic E-state index is 0.356. The van der Waals surface area contributed by atoms with Crippen molar-refractivity contribution in [1.29, 1.82) is 0 Å². The van der Waals surface area contributed by atoms with E-state index >= 15 is 0 Å². The number of rotatable bonds is 2. The van der Waals surface area contributed by atoms with E-state index < -0.39 is 0 Å². The second-order valence-corrected chi connectivity index (χ2v) is 6.23. The number of hydrogen-bond acceptors (Lipinski definition) is 2. The van der Waals surface area contributed by atoms with E-state index in [9.17, 15) is 0 Å². The van der Waals surface area contributed by atoms with Gasteiger partial charge in [0.25, 0.3) is 0 Å². The highest BCUT2D eigenvalue weighted by Crippen LogP contribution is 2.35. The molecule has 0 radical (unpaired) electrons. The van der Waals surface area contributed by atoms with Gasteiger partial charge in [-0.2, -0.15) is 0 Å². The first-order valence-corrected chi connectivity index (χ1v) is 7.90. The molecule has 0 saturated carbocycles. The highest BCUT2D eigenvalue weighted by Gasteiger charge is 2.28. The lowest BCUT2D eigenvalue weighted by Crippen LogP contribution is -2.27. The van der Waals surface area contributed by atoms with Crippen LogP contribution in [0.25, 0.3) is 0 Å². The quantitative estimate of drug-likeness (QED) is 0.778. The van der Waals surface area contributed by atoms with Crippen molar-refractivity contribution < 1.29 is 0 Å². The number of fused-ring (bicyclic) bond motifs is 2. The Morgan fingerprint density at radius 3 is 1.59 bits per heavy atom. The van der Waals surface area contributed by atoms with Gasteiger partial charge in [0.1, 0.15) is 0 Å². The van der Waals surface area contributed by atoms with E-state index in [0.29, 0.717) is 12.1 Å². The molecular weight excluding hydrogens is 272 g/mol. The van der Waals surface area contributed by atoms with Crippen molar-refractivity contribution in [2.75, 3.05) is 10.0 Å². The Labute approximate surface area is 131 Å². The maximum absolute atomic E-state index is 4.56. The standard InChI is InChI=1S/C18H20N4/c1-13-11-15-7-3-5-9-17(15)21(13)19-20-22-14(2)12-16-8-4-6-10-18(16)22/h3-10,13-14H,11-12H2,1-2H3. The zero-order valence-electron chi connectivity index (χ0n) is 13.0. The fraction of sp³-hybridized carbons (Fsp3) is 0.333. The normalized spacial score (nSPS) is 23.2. The summed E-state index contributed by atoms with van der Waals surface area (Å²) in [6.45, 7) is 4.39. The van der Waals surface area contributed by atoms with Crippen molar-refractivity contribution in [3.63, 3.8) is 0 Å². The third kappa shape index (κ3) is 2.06. The van der Waals surface area contributed by atoms with Crippen LogP contribution in [-0.4, -0.2) is 12.1 Å². The fourth-order valence-corrected chi connectivity index (χ4v) is 3.46. The van der Waals surface area contributed by atoms with Gasteiger partial charge >= 0.3 is 0 Å². The smallest absolute Gasteiger partial charge is 0.0647 e. The highest BCUT2D eigenvalue weighted by molar-refractivity contribution is 5.59. The van der Waals surface area contributed by atoms with Gasteiger partial charge in [-0.15, -0.1) is 0 Å². The summed E-state index contributed by atoms with van der Waals surface area (Å²) in [6, 6.07) is 17.6. The minimum atomic E-state index is 0.356.